The fourth-order valence-corrected chi connectivity index (χ4v) is 2.60. The Labute approximate surface area is 127 Å². The minimum Gasteiger partial charge on any atom is -0.480 e. The molecule has 0 aliphatic heterocycles. The Hall–Kier alpha value is -2.40. The number of carboxylic acid groups (broad SMARTS) is 1. The van der Waals surface area contributed by atoms with Crippen molar-refractivity contribution in [2.45, 2.75) is 24.0 Å². The average Bonchev–Trinajstić information content (AvgIpc) is 2.90. The number of rotatable bonds is 8. The van der Waals surface area contributed by atoms with Crippen LogP contribution < -0.4 is 5.56 Å². The molecule has 2 rings (SSSR count). The van der Waals surface area contributed by atoms with Crippen LogP contribution in [0.25, 0.3) is 11.2 Å². The first-order chi connectivity index (χ1) is 10.5. The predicted octanol–water partition coefficient (Wildman–Crippen LogP) is -0.181. The van der Waals surface area contributed by atoms with Crippen molar-refractivity contribution < 1.29 is 19.9 Å². The number of thioether (sulfide) groups is 1. The molecule has 0 spiro atoms. The second-order valence-corrected chi connectivity index (χ2v) is 5.39. The number of nitrogens with zero attached hydrogens (tertiary/aromatic N) is 3. The van der Waals surface area contributed by atoms with Crippen LogP contribution in [-0.2, 0) is 9.59 Å². The minimum atomic E-state index is -1.28. The number of fused-ring (bicyclic) bond motifs is 1. The Morgan fingerprint density at radius 2 is 2.32 bits per heavy atom. The number of imidazole rings is 1. The second kappa shape index (κ2) is 7.04. The molecule has 0 aromatic carbocycles. The second-order valence-electron chi connectivity index (χ2n) is 4.30. The van der Waals surface area contributed by atoms with Crippen LogP contribution in [0.15, 0.2) is 16.3 Å². The van der Waals surface area contributed by atoms with Crippen molar-refractivity contribution in [2.24, 2.45) is 0 Å². The first-order valence-electron chi connectivity index (χ1n) is 6.24. The molecule has 0 aliphatic carbocycles. The Morgan fingerprint density at radius 3 is 2.95 bits per heavy atom. The average molecular weight is 327 g/mol. The van der Waals surface area contributed by atoms with E-state index < -0.39 is 12.0 Å². The summed E-state index contributed by atoms with van der Waals surface area (Å²) < 4.78 is 0. The molecule has 0 saturated heterocycles. The van der Waals surface area contributed by atoms with Gasteiger partial charge >= 0.3 is 5.97 Å². The van der Waals surface area contributed by atoms with Crippen LogP contribution in [0.3, 0.4) is 0 Å². The highest BCUT2D eigenvalue weighted by Crippen LogP contribution is 2.18. The third kappa shape index (κ3) is 3.62. The number of hydrogen-bond donors (Lipinski definition) is 4. The molecule has 0 aliphatic rings. The fraction of sp³-hybridized carbons (Fsp3) is 0.364. The van der Waals surface area contributed by atoms with E-state index in [1.807, 2.05) is 0 Å². The monoisotopic (exact) mass is 327 g/mol. The summed E-state index contributed by atoms with van der Waals surface area (Å²) in [6.45, 7) is 0. The van der Waals surface area contributed by atoms with Crippen LogP contribution in [0.1, 0.15) is 12.8 Å². The Bertz CT molecular complexity index is 729. The van der Waals surface area contributed by atoms with Crippen molar-refractivity contribution >= 4 is 35.3 Å². The lowest BCUT2D eigenvalue weighted by Crippen LogP contribution is -2.38. The van der Waals surface area contributed by atoms with Gasteiger partial charge in [-0.2, -0.15) is 0 Å². The third-order valence-corrected chi connectivity index (χ3v) is 3.81. The summed E-state index contributed by atoms with van der Waals surface area (Å²) in [5.41, 5.74) is 0.255. The van der Waals surface area contributed by atoms with E-state index in [-0.39, 0.29) is 29.0 Å². The summed E-state index contributed by atoms with van der Waals surface area (Å²) in [4.78, 5) is 46.0. The Morgan fingerprint density at radius 1 is 1.55 bits per heavy atom. The molecule has 0 saturated carbocycles. The molecule has 11 heteroatoms. The van der Waals surface area contributed by atoms with E-state index in [2.05, 4.69) is 19.9 Å². The summed E-state index contributed by atoms with van der Waals surface area (Å²) in [5, 5.41) is 18.7. The summed E-state index contributed by atoms with van der Waals surface area (Å²) in [5.74, 6) is -0.784. The van der Waals surface area contributed by atoms with E-state index in [9.17, 15) is 14.4 Å². The van der Waals surface area contributed by atoms with Crippen LogP contribution >= 0.6 is 11.8 Å². The van der Waals surface area contributed by atoms with E-state index in [1.165, 1.54) is 18.1 Å². The maximum absolute atomic E-state index is 11.5. The van der Waals surface area contributed by atoms with Gasteiger partial charge in [-0.05, 0) is 12.8 Å². The number of H-pyrrole nitrogens is 2. The van der Waals surface area contributed by atoms with Crippen LogP contribution in [0.5, 0.6) is 0 Å². The minimum absolute atomic E-state index is 0.0587. The van der Waals surface area contributed by atoms with Gasteiger partial charge in [0.1, 0.15) is 0 Å². The van der Waals surface area contributed by atoms with E-state index in [0.29, 0.717) is 23.0 Å². The highest BCUT2D eigenvalue weighted by atomic mass is 32.2. The van der Waals surface area contributed by atoms with Gasteiger partial charge in [-0.1, -0.05) is 11.8 Å². The van der Waals surface area contributed by atoms with Gasteiger partial charge in [-0.15, -0.1) is 0 Å². The zero-order valence-corrected chi connectivity index (χ0v) is 12.0. The molecule has 0 unspecified atom stereocenters. The highest BCUT2D eigenvalue weighted by Gasteiger charge is 2.22. The fourth-order valence-electron chi connectivity index (χ4n) is 1.78. The highest BCUT2D eigenvalue weighted by molar-refractivity contribution is 7.99. The van der Waals surface area contributed by atoms with Crippen LogP contribution in [-0.4, -0.2) is 59.5 Å². The molecule has 0 fully saturated rings. The maximum Gasteiger partial charge on any atom is 0.329 e. The van der Waals surface area contributed by atoms with Crippen LogP contribution in [0.2, 0.25) is 0 Å². The van der Waals surface area contributed by atoms with Crippen molar-refractivity contribution in [1.82, 2.24) is 25.0 Å². The largest absolute Gasteiger partial charge is 0.480 e. The lowest BCUT2D eigenvalue weighted by molar-refractivity contribution is -0.175. The normalized spacial score (nSPS) is 12.2. The van der Waals surface area contributed by atoms with Gasteiger partial charge in [-0.3, -0.25) is 14.8 Å². The van der Waals surface area contributed by atoms with Gasteiger partial charge < -0.3 is 15.1 Å². The summed E-state index contributed by atoms with van der Waals surface area (Å²) in [7, 11) is 0. The van der Waals surface area contributed by atoms with Crippen molar-refractivity contribution in [3.05, 3.63) is 16.7 Å². The molecule has 2 aromatic heterocycles. The SMILES string of the molecule is O=CN(O)[C@H](CCCSc1nc2nc[nH]c(=O)c2[nH]1)C(=O)O. The number of aromatic amines is 2. The van der Waals surface area contributed by atoms with Crippen molar-refractivity contribution in [2.75, 3.05) is 5.75 Å². The number of hydrogen-bond acceptors (Lipinski definition) is 7. The smallest absolute Gasteiger partial charge is 0.329 e. The molecule has 1 atom stereocenters. The van der Waals surface area contributed by atoms with E-state index in [4.69, 9.17) is 10.3 Å². The molecule has 4 N–H and O–H groups in total. The predicted molar refractivity (Wildman–Crippen MR) is 75.6 cm³/mol. The molecule has 0 radical (unpaired) electrons. The molecule has 2 heterocycles. The standard InChI is InChI=1S/C11H13N5O5S/c17-5-16(21)6(10(19)20)2-1-3-22-11-14-7-8(15-11)12-4-13-9(7)18/h4-6,21H,1-3H2,(H,19,20)(H2,12,13,14,15,18)/t6-/m1/s1. The molecule has 0 bridgehead atoms. The summed E-state index contributed by atoms with van der Waals surface area (Å²) in [6, 6.07) is -1.28. The van der Waals surface area contributed by atoms with Crippen LogP contribution in [0.4, 0.5) is 0 Å². The van der Waals surface area contributed by atoms with Gasteiger partial charge in [0.2, 0.25) is 6.41 Å². The Balaban J connectivity index is 1.90. The molecular formula is C11H13N5O5S. The van der Waals surface area contributed by atoms with Crippen LogP contribution in [0, 0.1) is 0 Å². The summed E-state index contributed by atoms with van der Waals surface area (Å²) >= 11 is 1.29. The number of hydroxylamine groups is 2. The molecule has 1 amide bonds. The van der Waals surface area contributed by atoms with E-state index in [0.717, 1.165) is 0 Å². The van der Waals surface area contributed by atoms with Crippen molar-refractivity contribution in [3.63, 3.8) is 0 Å². The van der Waals surface area contributed by atoms with E-state index in [1.54, 1.807) is 0 Å². The van der Waals surface area contributed by atoms with Gasteiger partial charge in [-0.25, -0.2) is 19.8 Å². The number of carbonyl (C=O) groups excluding carboxylic acids is 1. The number of amides is 1. The van der Waals surface area contributed by atoms with Gasteiger partial charge in [0.25, 0.3) is 5.56 Å². The Kier molecular flexibility index (Phi) is 5.12. The number of nitrogens with one attached hydrogen (secondary N) is 2. The zero-order valence-electron chi connectivity index (χ0n) is 11.2. The third-order valence-electron chi connectivity index (χ3n) is 2.85. The lowest BCUT2D eigenvalue weighted by Gasteiger charge is -2.17. The van der Waals surface area contributed by atoms with Gasteiger partial charge in [0.05, 0.1) is 6.33 Å². The van der Waals surface area contributed by atoms with Gasteiger partial charge in [0.15, 0.2) is 22.4 Å². The van der Waals surface area contributed by atoms with Crippen molar-refractivity contribution in [3.8, 4) is 0 Å². The zero-order chi connectivity index (χ0) is 16.1. The van der Waals surface area contributed by atoms with Crippen molar-refractivity contribution in [1.29, 1.82) is 0 Å². The van der Waals surface area contributed by atoms with E-state index >= 15 is 0 Å². The molecule has 118 valence electrons. The number of aromatic nitrogens is 4. The molecule has 2 aromatic rings. The first kappa shape index (κ1) is 16.0. The lowest BCUT2D eigenvalue weighted by atomic mass is 10.2. The number of carbonyl (C=O) groups is 2. The molecular weight excluding hydrogens is 314 g/mol. The number of carboxylic acids is 1. The molecule has 10 nitrogen and oxygen atoms in total. The van der Waals surface area contributed by atoms with Gasteiger partial charge in [0, 0.05) is 5.75 Å². The number of aliphatic carboxylic acids is 1. The first-order valence-corrected chi connectivity index (χ1v) is 7.23. The molecule has 22 heavy (non-hydrogen) atoms. The summed E-state index contributed by atoms with van der Waals surface area (Å²) in [6.07, 6.45) is 1.83. The maximum atomic E-state index is 11.5. The quantitative estimate of drug-likeness (QED) is 0.171. The topological polar surface area (TPSA) is 152 Å².